The van der Waals surface area contributed by atoms with Crippen LogP contribution >= 0.6 is 0 Å². The molecule has 2 aromatic carbocycles. The molecule has 4 heteroatoms. The van der Waals surface area contributed by atoms with E-state index < -0.39 is 11.7 Å². The molecule has 0 unspecified atom stereocenters. The molecule has 0 spiro atoms. The summed E-state index contributed by atoms with van der Waals surface area (Å²) >= 11 is 0. The smallest absolute Gasteiger partial charge is 0.0854 e. The Bertz CT molecular complexity index is 833. The molecule has 156 valence electrons. The van der Waals surface area contributed by atoms with Gasteiger partial charge in [0.1, 0.15) is 0 Å². The summed E-state index contributed by atoms with van der Waals surface area (Å²) in [6, 6.07) is 14.8. The van der Waals surface area contributed by atoms with Crippen molar-refractivity contribution >= 4 is 0 Å². The molecule has 29 heavy (non-hydrogen) atoms. The third-order valence-electron chi connectivity index (χ3n) is 6.19. The van der Waals surface area contributed by atoms with E-state index in [0.29, 0.717) is 18.8 Å². The molecule has 1 saturated heterocycles. The molecule has 1 aliphatic heterocycles. The van der Waals surface area contributed by atoms with E-state index in [1.165, 1.54) is 29.5 Å². The Labute approximate surface area is 173 Å². The molecule has 0 amide bonds. The van der Waals surface area contributed by atoms with Gasteiger partial charge in [0.15, 0.2) is 0 Å². The summed E-state index contributed by atoms with van der Waals surface area (Å²) in [6.45, 7) is 3.54. The van der Waals surface area contributed by atoms with E-state index in [-0.39, 0.29) is 18.8 Å². The number of hydrogen-bond donors (Lipinski definition) is 3. The zero-order valence-electron chi connectivity index (χ0n) is 17.3. The number of rotatable bonds is 6. The van der Waals surface area contributed by atoms with Gasteiger partial charge in [-0.3, -0.25) is 0 Å². The van der Waals surface area contributed by atoms with E-state index in [4.69, 9.17) is 4.74 Å². The molecule has 1 heterocycles. The third kappa shape index (κ3) is 4.89. The van der Waals surface area contributed by atoms with E-state index in [1.54, 1.807) is 13.8 Å². The van der Waals surface area contributed by atoms with Gasteiger partial charge in [0, 0.05) is 12.8 Å². The van der Waals surface area contributed by atoms with Crippen molar-refractivity contribution in [2.75, 3.05) is 6.61 Å². The van der Waals surface area contributed by atoms with Crippen molar-refractivity contribution < 1.29 is 20.1 Å². The molecular formula is C25H32O4. The van der Waals surface area contributed by atoms with Crippen molar-refractivity contribution in [2.45, 2.75) is 75.8 Å². The fraction of sp³-hybridized carbons (Fsp3) is 0.520. The number of benzene rings is 2. The molecule has 3 N–H and O–H groups in total. The fourth-order valence-electron chi connectivity index (χ4n) is 4.34. The second kappa shape index (κ2) is 8.19. The first-order valence-corrected chi connectivity index (χ1v) is 10.7. The van der Waals surface area contributed by atoms with Gasteiger partial charge in [-0.05, 0) is 66.8 Å². The van der Waals surface area contributed by atoms with Gasteiger partial charge >= 0.3 is 0 Å². The Morgan fingerprint density at radius 1 is 1.03 bits per heavy atom. The highest BCUT2D eigenvalue weighted by Crippen LogP contribution is 2.43. The predicted octanol–water partition coefficient (Wildman–Crippen LogP) is 3.96. The summed E-state index contributed by atoms with van der Waals surface area (Å²) in [5.41, 5.74) is 5.10. The Balaban J connectivity index is 1.59. The summed E-state index contributed by atoms with van der Waals surface area (Å²) in [7, 11) is 0. The highest BCUT2D eigenvalue weighted by atomic mass is 16.5. The topological polar surface area (TPSA) is 69.9 Å². The first-order chi connectivity index (χ1) is 13.8. The van der Waals surface area contributed by atoms with Crippen LogP contribution in [-0.2, 0) is 16.8 Å². The summed E-state index contributed by atoms with van der Waals surface area (Å²) < 4.78 is 6.03. The maximum absolute atomic E-state index is 10.2. The van der Waals surface area contributed by atoms with E-state index in [9.17, 15) is 15.3 Å². The van der Waals surface area contributed by atoms with E-state index >= 15 is 0 Å². The largest absolute Gasteiger partial charge is 0.394 e. The predicted molar refractivity (Wildman–Crippen MR) is 113 cm³/mol. The van der Waals surface area contributed by atoms with Gasteiger partial charge < -0.3 is 20.1 Å². The van der Waals surface area contributed by atoms with Gasteiger partial charge in [0.2, 0.25) is 0 Å². The number of ether oxygens (including phenoxy) is 1. The fourth-order valence-corrected chi connectivity index (χ4v) is 4.34. The van der Waals surface area contributed by atoms with Gasteiger partial charge in [-0.1, -0.05) is 42.5 Å². The van der Waals surface area contributed by atoms with Crippen molar-refractivity contribution in [3.63, 3.8) is 0 Å². The lowest BCUT2D eigenvalue weighted by Crippen LogP contribution is -2.33. The molecule has 2 aromatic rings. The monoisotopic (exact) mass is 396 g/mol. The highest BCUT2D eigenvalue weighted by molar-refractivity contribution is 5.41. The molecular weight excluding hydrogens is 364 g/mol. The van der Waals surface area contributed by atoms with Gasteiger partial charge in [0.25, 0.3) is 0 Å². The lowest BCUT2D eigenvalue weighted by molar-refractivity contribution is -0.113. The van der Waals surface area contributed by atoms with Crippen LogP contribution in [0.25, 0.3) is 0 Å². The Kier molecular flexibility index (Phi) is 5.80. The van der Waals surface area contributed by atoms with Crippen LogP contribution < -0.4 is 0 Å². The summed E-state index contributed by atoms with van der Waals surface area (Å²) in [5.74, 6) is 0.651. The van der Waals surface area contributed by atoms with Gasteiger partial charge in [-0.2, -0.15) is 0 Å². The minimum absolute atomic E-state index is 0.0614. The van der Waals surface area contributed by atoms with Crippen LogP contribution in [0.15, 0.2) is 42.5 Å². The standard InChI is InChI=1S/C25H32O4/c1-25(2,28)20-8-3-16(4-9-20)11-19-12-18(7-10-23(19)17-5-6-17)24-14-21(27)13-22(15-26)29-24/h3-4,7-10,12,17,21-22,24,26-28H,5-6,11,13-15H2,1-2H3/t21-,22-,24+/m0/s1. The van der Waals surface area contributed by atoms with Gasteiger partial charge in [-0.25, -0.2) is 0 Å². The average Bonchev–Trinajstić information content (AvgIpc) is 3.52. The number of aliphatic hydroxyl groups excluding tert-OH is 2. The normalized spacial score (nSPS) is 25.2. The SMILES string of the molecule is CC(C)(O)c1ccc(Cc2cc([C@H]3C[C@@H](O)C[C@@H](CO)O3)ccc2C2CC2)cc1. The van der Waals surface area contributed by atoms with Gasteiger partial charge in [-0.15, -0.1) is 0 Å². The quantitative estimate of drug-likeness (QED) is 0.691. The second-order valence-electron chi connectivity index (χ2n) is 9.22. The Morgan fingerprint density at radius 2 is 1.76 bits per heavy atom. The van der Waals surface area contributed by atoms with Crippen molar-refractivity contribution in [3.8, 4) is 0 Å². The maximum atomic E-state index is 10.2. The number of aliphatic hydroxyl groups is 3. The highest BCUT2D eigenvalue weighted by Gasteiger charge is 2.31. The van der Waals surface area contributed by atoms with Crippen molar-refractivity contribution in [3.05, 3.63) is 70.3 Å². The third-order valence-corrected chi connectivity index (χ3v) is 6.19. The maximum Gasteiger partial charge on any atom is 0.0854 e. The zero-order chi connectivity index (χ0) is 20.6. The van der Waals surface area contributed by atoms with Crippen molar-refractivity contribution in [2.24, 2.45) is 0 Å². The van der Waals surface area contributed by atoms with Crippen LogP contribution in [0.3, 0.4) is 0 Å². The summed E-state index contributed by atoms with van der Waals surface area (Å²) in [5, 5.41) is 29.8. The Morgan fingerprint density at radius 3 is 2.38 bits per heavy atom. The summed E-state index contributed by atoms with van der Waals surface area (Å²) in [6.07, 6.45) is 3.47. The molecule has 1 saturated carbocycles. The molecule has 0 bridgehead atoms. The lowest BCUT2D eigenvalue weighted by atomic mass is 9.90. The molecule has 2 fully saturated rings. The average molecular weight is 397 g/mol. The second-order valence-corrected chi connectivity index (χ2v) is 9.22. The summed E-state index contributed by atoms with van der Waals surface area (Å²) in [4.78, 5) is 0. The molecule has 0 radical (unpaired) electrons. The van der Waals surface area contributed by atoms with Crippen LogP contribution in [0.1, 0.15) is 79.4 Å². The minimum atomic E-state index is -0.833. The van der Waals surface area contributed by atoms with Crippen LogP contribution in [-0.4, -0.2) is 34.1 Å². The first-order valence-electron chi connectivity index (χ1n) is 10.7. The van der Waals surface area contributed by atoms with E-state index in [2.05, 4.69) is 30.3 Å². The van der Waals surface area contributed by atoms with Crippen LogP contribution in [0, 0.1) is 0 Å². The molecule has 4 rings (SSSR count). The molecule has 0 aromatic heterocycles. The molecule has 2 aliphatic rings. The number of hydrogen-bond acceptors (Lipinski definition) is 4. The lowest BCUT2D eigenvalue weighted by Gasteiger charge is -2.33. The molecule has 4 nitrogen and oxygen atoms in total. The van der Waals surface area contributed by atoms with Crippen LogP contribution in [0.5, 0.6) is 0 Å². The van der Waals surface area contributed by atoms with Crippen LogP contribution in [0.2, 0.25) is 0 Å². The van der Waals surface area contributed by atoms with E-state index in [1.807, 2.05) is 12.1 Å². The molecule has 3 atom stereocenters. The van der Waals surface area contributed by atoms with Crippen molar-refractivity contribution in [1.29, 1.82) is 0 Å². The Hall–Kier alpha value is -1.72. The minimum Gasteiger partial charge on any atom is -0.394 e. The van der Waals surface area contributed by atoms with Crippen molar-refractivity contribution in [1.82, 2.24) is 0 Å². The van der Waals surface area contributed by atoms with Crippen LogP contribution in [0.4, 0.5) is 0 Å². The first kappa shape index (κ1) is 20.5. The molecule has 1 aliphatic carbocycles. The zero-order valence-corrected chi connectivity index (χ0v) is 17.3. The van der Waals surface area contributed by atoms with Gasteiger partial charge in [0.05, 0.1) is 30.5 Å². The van der Waals surface area contributed by atoms with E-state index in [0.717, 1.165) is 17.5 Å².